The van der Waals surface area contributed by atoms with Crippen molar-refractivity contribution in [2.24, 2.45) is 0 Å². The van der Waals surface area contributed by atoms with Gasteiger partial charge in [0.05, 0.1) is 0 Å². The molecule has 0 radical (unpaired) electrons. The first-order valence-corrected chi connectivity index (χ1v) is 8.88. The molecule has 0 aliphatic carbocycles. The molecule has 25 heavy (non-hydrogen) atoms. The largest absolute Gasteiger partial charge is 0.381 e. The van der Waals surface area contributed by atoms with Gasteiger partial charge in [-0.2, -0.15) is 0 Å². The summed E-state index contributed by atoms with van der Waals surface area (Å²) in [6.45, 7) is 3.75. The zero-order valence-corrected chi connectivity index (χ0v) is 15.7. The Labute approximate surface area is 156 Å². The van der Waals surface area contributed by atoms with Gasteiger partial charge < -0.3 is 20.1 Å². The molecule has 0 unspecified atom stereocenters. The molecule has 5 nitrogen and oxygen atoms in total. The molecule has 140 valence electrons. The standard InChI is InChI=1S/C19H28N2O3.ClH/c1-23-19(7-11-20-12-8-19)17(22)21-15-18(9-13-24-14-10-18)16-5-3-2-4-6-16;/h2-6,20H,7-15H2,1H3,(H,21,22);1H. The van der Waals surface area contributed by atoms with Crippen molar-refractivity contribution in [3.63, 3.8) is 0 Å². The zero-order chi connectivity index (χ0) is 16.9. The van der Waals surface area contributed by atoms with E-state index in [0.29, 0.717) is 6.54 Å². The van der Waals surface area contributed by atoms with Crippen molar-refractivity contribution in [2.75, 3.05) is 40.0 Å². The minimum atomic E-state index is -0.686. The third-order valence-electron chi connectivity index (χ3n) is 5.64. The summed E-state index contributed by atoms with van der Waals surface area (Å²) >= 11 is 0. The summed E-state index contributed by atoms with van der Waals surface area (Å²) in [6.07, 6.45) is 3.30. The Balaban J connectivity index is 0.00000225. The average Bonchev–Trinajstić information content (AvgIpc) is 2.68. The molecular formula is C19H29ClN2O3. The molecular weight excluding hydrogens is 340 g/mol. The molecule has 0 saturated carbocycles. The van der Waals surface area contributed by atoms with Crippen LogP contribution in [0.25, 0.3) is 0 Å². The number of carbonyl (C=O) groups is 1. The van der Waals surface area contributed by atoms with E-state index in [-0.39, 0.29) is 23.7 Å². The molecule has 1 amide bonds. The second kappa shape index (κ2) is 8.99. The Morgan fingerprint density at radius 3 is 2.40 bits per heavy atom. The lowest BCUT2D eigenvalue weighted by molar-refractivity contribution is -0.147. The molecule has 0 spiro atoms. The molecule has 1 aromatic rings. The number of carbonyl (C=O) groups excluding carboxylic acids is 1. The summed E-state index contributed by atoms with van der Waals surface area (Å²) in [4.78, 5) is 12.9. The van der Waals surface area contributed by atoms with Gasteiger partial charge >= 0.3 is 0 Å². The van der Waals surface area contributed by atoms with E-state index in [1.54, 1.807) is 7.11 Å². The summed E-state index contributed by atoms with van der Waals surface area (Å²) in [7, 11) is 1.65. The highest BCUT2D eigenvalue weighted by Gasteiger charge is 2.41. The molecule has 2 fully saturated rings. The Bertz CT molecular complexity index is 541. The van der Waals surface area contributed by atoms with Crippen LogP contribution in [0.1, 0.15) is 31.2 Å². The van der Waals surface area contributed by atoms with Crippen molar-refractivity contribution in [3.8, 4) is 0 Å². The summed E-state index contributed by atoms with van der Waals surface area (Å²) in [5, 5.41) is 6.50. The van der Waals surface area contributed by atoms with Gasteiger partial charge in [-0.3, -0.25) is 4.79 Å². The number of amides is 1. The van der Waals surface area contributed by atoms with E-state index in [9.17, 15) is 4.79 Å². The molecule has 6 heteroatoms. The van der Waals surface area contributed by atoms with Crippen LogP contribution in [-0.4, -0.2) is 51.5 Å². The number of piperidine rings is 1. The Morgan fingerprint density at radius 1 is 1.16 bits per heavy atom. The van der Waals surface area contributed by atoms with E-state index >= 15 is 0 Å². The minimum absolute atomic E-state index is 0. The van der Waals surface area contributed by atoms with Crippen molar-refractivity contribution >= 4 is 18.3 Å². The number of rotatable bonds is 5. The fourth-order valence-corrected chi connectivity index (χ4v) is 3.89. The maximum Gasteiger partial charge on any atom is 0.252 e. The highest BCUT2D eigenvalue weighted by molar-refractivity contribution is 5.85. The van der Waals surface area contributed by atoms with Crippen LogP contribution in [0.4, 0.5) is 0 Å². The third kappa shape index (κ3) is 4.34. The van der Waals surface area contributed by atoms with Crippen molar-refractivity contribution in [3.05, 3.63) is 35.9 Å². The van der Waals surface area contributed by atoms with Gasteiger partial charge in [0.1, 0.15) is 5.60 Å². The van der Waals surface area contributed by atoms with Gasteiger partial charge in [0.25, 0.3) is 5.91 Å². The van der Waals surface area contributed by atoms with Crippen LogP contribution < -0.4 is 10.6 Å². The lowest BCUT2D eigenvalue weighted by Crippen LogP contribution is -2.56. The second-order valence-electron chi connectivity index (χ2n) is 6.89. The fraction of sp³-hybridized carbons (Fsp3) is 0.632. The van der Waals surface area contributed by atoms with Gasteiger partial charge in [0.2, 0.25) is 0 Å². The van der Waals surface area contributed by atoms with Gasteiger partial charge in [-0.1, -0.05) is 30.3 Å². The second-order valence-corrected chi connectivity index (χ2v) is 6.89. The van der Waals surface area contributed by atoms with Gasteiger partial charge in [-0.25, -0.2) is 0 Å². The average molecular weight is 369 g/mol. The van der Waals surface area contributed by atoms with Gasteiger partial charge in [-0.15, -0.1) is 12.4 Å². The number of hydrogen-bond donors (Lipinski definition) is 2. The van der Waals surface area contributed by atoms with Crippen LogP contribution in [0.3, 0.4) is 0 Å². The van der Waals surface area contributed by atoms with E-state index in [2.05, 4.69) is 34.9 Å². The van der Waals surface area contributed by atoms with Crippen LogP contribution >= 0.6 is 12.4 Å². The Kier molecular flexibility index (Phi) is 7.25. The van der Waals surface area contributed by atoms with E-state index in [1.807, 2.05) is 6.07 Å². The first kappa shape index (κ1) is 20.2. The van der Waals surface area contributed by atoms with Crippen LogP contribution in [-0.2, 0) is 19.7 Å². The lowest BCUT2D eigenvalue weighted by Gasteiger charge is -2.40. The van der Waals surface area contributed by atoms with Gasteiger partial charge in [-0.05, 0) is 44.3 Å². The molecule has 0 bridgehead atoms. The van der Waals surface area contributed by atoms with Crippen LogP contribution in [0.2, 0.25) is 0 Å². The van der Waals surface area contributed by atoms with E-state index in [4.69, 9.17) is 9.47 Å². The van der Waals surface area contributed by atoms with Crippen LogP contribution in [0.5, 0.6) is 0 Å². The van der Waals surface area contributed by atoms with Crippen molar-refractivity contribution in [1.82, 2.24) is 10.6 Å². The SMILES string of the molecule is COC1(C(=O)NCC2(c3ccccc3)CCOCC2)CCNCC1.Cl. The van der Waals surface area contributed by atoms with E-state index in [0.717, 1.165) is 52.0 Å². The summed E-state index contributed by atoms with van der Waals surface area (Å²) in [5.74, 6) is 0.0216. The predicted molar refractivity (Wildman–Crippen MR) is 100 cm³/mol. The van der Waals surface area contributed by atoms with E-state index in [1.165, 1.54) is 5.56 Å². The van der Waals surface area contributed by atoms with Crippen LogP contribution in [0, 0.1) is 0 Å². The summed E-state index contributed by atoms with van der Waals surface area (Å²) in [5.41, 5.74) is 0.552. The smallest absolute Gasteiger partial charge is 0.252 e. The highest BCUT2D eigenvalue weighted by atomic mass is 35.5. The highest BCUT2D eigenvalue weighted by Crippen LogP contribution is 2.34. The lowest BCUT2D eigenvalue weighted by atomic mass is 9.74. The maximum absolute atomic E-state index is 12.9. The van der Waals surface area contributed by atoms with Gasteiger partial charge in [0.15, 0.2) is 0 Å². The topological polar surface area (TPSA) is 59.6 Å². The Morgan fingerprint density at radius 2 is 1.80 bits per heavy atom. The first-order chi connectivity index (χ1) is 11.7. The number of methoxy groups -OCH3 is 1. The molecule has 2 heterocycles. The molecule has 1 aromatic carbocycles. The number of hydrogen-bond acceptors (Lipinski definition) is 4. The number of halogens is 1. The van der Waals surface area contributed by atoms with Crippen molar-refractivity contribution < 1.29 is 14.3 Å². The molecule has 2 aliphatic rings. The summed E-state index contributed by atoms with van der Waals surface area (Å²) < 4.78 is 11.2. The monoisotopic (exact) mass is 368 g/mol. The normalized spacial score (nSPS) is 21.8. The molecule has 0 aromatic heterocycles. The first-order valence-electron chi connectivity index (χ1n) is 8.88. The zero-order valence-electron chi connectivity index (χ0n) is 14.9. The Hall–Kier alpha value is -1.14. The summed E-state index contributed by atoms with van der Waals surface area (Å²) in [6, 6.07) is 10.5. The van der Waals surface area contributed by atoms with Crippen LogP contribution in [0.15, 0.2) is 30.3 Å². The molecule has 2 saturated heterocycles. The number of nitrogens with one attached hydrogen (secondary N) is 2. The van der Waals surface area contributed by atoms with Gasteiger partial charge in [0, 0.05) is 32.3 Å². The predicted octanol–water partition coefficient (Wildman–Crippen LogP) is 2.04. The number of ether oxygens (including phenoxy) is 2. The molecule has 3 rings (SSSR count). The molecule has 0 atom stereocenters. The van der Waals surface area contributed by atoms with E-state index < -0.39 is 5.60 Å². The van der Waals surface area contributed by atoms with Crippen molar-refractivity contribution in [2.45, 2.75) is 36.7 Å². The molecule has 2 aliphatic heterocycles. The number of benzene rings is 1. The molecule has 2 N–H and O–H groups in total. The third-order valence-corrected chi connectivity index (χ3v) is 5.64. The maximum atomic E-state index is 12.9. The quantitative estimate of drug-likeness (QED) is 0.835. The van der Waals surface area contributed by atoms with Crippen molar-refractivity contribution in [1.29, 1.82) is 0 Å². The minimum Gasteiger partial charge on any atom is -0.381 e. The fourth-order valence-electron chi connectivity index (χ4n) is 3.89.